The maximum Gasteiger partial charge on any atom is 0.174 e. The Hall–Kier alpha value is -3.64. The highest BCUT2D eigenvalue weighted by Gasteiger charge is 2.42. The Morgan fingerprint density at radius 2 is 1.64 bits per heavy atom. The molecule has 0 saturated carbocycles. The molecule has 0 spiro atoms. The van der Waals surface area contributed by atoms with Crippen LogP contribution in [-0.4, -0.2) is 20.8 Å². The molecule has 0 unspecified atom stereocenters. The summed E-state index contributed by atoms with van der Waals surface area (Å²) in [5, 5.41) is 4.21. The highest BCUT2D eigenvalue weighted by Crippen LogP contribution is 2.42. The molecule has 1 fully saturated rings. The molecule has 0 aliphatic carbocycles. The topological polar surface area (TPSA) is 42.3 Å². The summed E-state index contributed by atoms with van der Waals surface area (Å²) in [6, 6.07) is 28.6. The van der Waals surface area contributed by atoms with E-state index >= 15 is 0 Å². The fraction of sp³-hybridized carbons (Fsp3) is 0.185. The number of para-hydroxylation sites is 1. The average Bonchev–Trinajstić information content (AvgIpc) is 3.45. The second kappa shape index (κ2) is 9.08. The van der Waals surface area contributed by atoms with E-state index in [9.17, 15) is 0 Å². The minimum atomic E-state index is -0.0948. The Bertz CT molecular complexity index is 1220. The number of nitrogens with one attached hydrogen (secondary N) is 1. The number of aromatic nitrogens is 2. The molecule has 0 radical (unpaired) electrons. The molecule has 0 bridgehead atoms. The van der Waals surface area contributed by atoms with Gasteiger partial charge in [0.05, 0.1) is 17.8 Å². The summed E-state index contributed by atoms with van der Waals surface area (Å²) in [7, 11) is 0. The zero-order valence-corrected chi connectivity index (χ0v) is 19.4. The molecule has 5 rings (SSSR count). The molecule has 166 valence electrons. The lowest BCUT2D eigenvalue weighted by molar-refractivity contribution is 0.242. The van der Waals surface area contributed by atoms with E-state index < -0.39 is 0 Å². The van der Waals surface area contributed by atoms with Gasteiger partial charge in [-0.2, -0.15) is 0 Å². The lowest BCUT2D eigenvalue weighted by atomic mass is 10.0. The number of pyridine rings is 1. The maximum absolute atomic E-state index is 5.86. The van der Waals surface area contributed by atoms with Crippen LogP contribution in [0, 0.1) is 0 Å². The molecule has 3 heterocycles. The van der Waals surface area contributed by atoms with Crippen LogP contribution in [0.2, 0.25) is 0 Å². The number of anilines is 1. The molecule has 1 N–H and O–H groups in total. The van der Waals surface area contributed by atoms with Gasteiger partial charge in [0.15, 0.2) is 5.11 Å². The van der Waals surface area contributed by atoms with Crippen molar-refractivity contribution in [1.82, 2.24) is 14.9 Å². The summed E-state index contributed by atoms with van der Waals surface area (Å²) < 4.78 is 8.07. The summed E-state index contributed by atoms with van der Waals surface area (Å²) >= 11 is 5.86. The molecule has 5 nitrogen and oxygen atoms in total. The first-order valence-corrected chi connectivity index (χ1v) is 11.5. The van der Waals surface area contributed by atoms with Gasteiger partial charge < -0.3 is 19.5 Å². The predicted octanol–water partition coefficient (Wildman–Crippen LogP) is 5.84. The van der Waals surface area contributed by atoms with Gasteiger partial charge in [0.25, 0.3) is 0 Å². The third-order valence-corrected chi connectivity index (χ3v) is 6.02. The van der Waals surface area contributed by atoms with Gasteiger partial charge >= 0.3 is 0 Å². The quantitative estimate of drug-likeness (QED) is 0.371. The third kappa shape index (κ3) is 4.22. The summed E-state index contributed by atoms with van der Waals surface area (Å²) in [4.78, 5) is 6.84. The van der Waals surface area contributed by atoms with Crippen molar-refractivity contribution in [1.29, 1.82) is 0 Å². The van der Waals surface area contributed by atoms with Crippen LogP contribution in [0.4, 0.5) is 5.69 Å². The number of benzene rings is 2. The maximum atomic E-state index is 5.86. The first-order valence-electron chi connectivity index (χ1n) is 11.1. The lowest BCUT2D eigenvalue weighted by Gasteiger charge is -2.29. The number of hydrogen-bond donors (Lipinski definition) is 1. The molecule has 33 heavy (non-hydrogen) atoms. The first kappa shape index (κ1) is 21.2. The van der Waals surface area contributed by atoms with Crippen LogP contribution in [0.3, 0.4) is 0 Å². The van der Waals surface area contributed by atoms with Gasteiger partial charge in [0.1, 0.15) is 11.8 Å². The number of nitrogens with zero attached hydrogens (tertiary/aromatic N) is 3. The van der Waals surface area contributed by atoms with E-state index in [1.165, 1.54) is 0 Å². The van der Waals surface area contributed by atoms with E-state index in [0.29, 0.717) is 5.11 Å². The predicted molar refractivity (Wildman–Crippen MR) is 136 cm³/mol. The monoisotopic (exact) mass is 454 g/mol. The zero-order chi connectivity index (χ0) is 22.8. The van der Waals surface area contributed by atoms with E-state index in [0.717, 1.165) is 28.5 Å². The minimum absolute atomic E-state index is 0.0838. The summed E-state index contributed by atoms with van der Waals surface area (Å²) in [6.07, 6.45) is 4.05. The lowest BCUT2D eigenvalue weighted by Crippen LogP contribution is -2.30. The molecule has 1 aliphatic rings. The van der Waals surface area contributed by atoms with Crippen molar-refractivity contribution in [2.75, 3.05) is 4.90 Å². The Morgan fingerprint density at radius 1 is 0.879 bits per heavy atom. The summed E-state index contributed by atoms with van der Waals surface area (Å²) in [5.41, 5.74) is 4.20. The normalized spacial score (nSPS) is 17.9. The van der Waals surface area contributed by atoms with Gasteiger partial charge in [-0.3, -0.25) is 4.98 Å². The molecular formula is C27H26N4OS. The van der Waals surface area contributed by atoms with Crippen molar-refractivity contribution in [3.8, 4) is 11.4 Å². The van der Waals surface area contributed by atoms with Crippen molar-refractivity contribution < 1.29 is 4.74 Å². The minimum Gasteiger partial charge on any atom is -0.491 e. The summed E-state index contributed by atoms with van der Waals surface area (Å²) in [5.74, 6) is 0.845. The van der Waals surface area contributed by atoms with Gasteiger partial charge in [-0.05, 0) is 86.7 Å². The van der Waals surface area contributed by atoms with E-state index in [2.05, 4.69) is 74.5 Å². The molecule has 0 amide bonds. The Kier molecular flexibility index (Phi) is 5.84. The van der Waals surface area contributed by atoms with Gasteiger partial charge in [0, 0.05) is 29.5 Å². The number of hydrogen-bond acceptors (Lipinski definition) is 3. The van der Waals surface area contributed by atoms with E-state index in [1.807, 2.05) is 56.4 Å². The van der Waals surface area contributed by atoms with Crippen LogP contribution >= 0.6 is 12.2 Å². The van der Waals surface area contributed by atoms with E-state index in [1.54, 1.807) is 0 Å². The fourth-order valence-electron chi connectivity index (χ4n) is 4.35. The highest BCUT2D eigenvalue weighted by molar-refractivity contribution is 7.80. The number of rotatable bonds is 6. The second-order valence-electron chi connectivity index (χ2n) is 8.30. The van der Waals surface area contributed by atoms with Gasteiger partial charge in [-0.25, -0.2) is 0 Å². The Morgan fingerprint density at radius 3 is 2.33 bits per heavy atom. The SMILES string of the molecule is CC(C)Oc1ccc(N2C(=S)N[C@H](c3ccccn3)[C@@H]2c2cccn2-c2ccccc2)cc1. The zero-order valence-electron chi connectivity index (χ0n) is 18.6. The van der Waals surface area contributed by atoms with Crippen molar-refractivity contribution in [3.05, 3.63) is 109 Å². The molecular weight excluding hydrogens is 428 g/mol. The van der Waals surface area contributed by atoms with Gasteiger partial charge in [-0.1, -0.05) is 24.3 Å². The van der Waals surface area contributed by atoms with Crippen LogP contribution < -0.4 is 15.0 Å². The molecule has 6 heteroatoms. The van der Waals surface area contributed by atoms with Crippen molar-refractivity contribution in [3.63, 3.8) is 0 Å². The Balaban J connectivity index is 1.60. The second-order valence-corrected chi connectivity index (χ2v) is 8.68. The first-order chi connectivity index (χ1) is 16.1. The molecule has 4 aromatic rings. The molecule has 1 saturated heterocycles. The Labute approximate surface area is 199 Å². The van der Waals surface area contributed by atoms with Crippen LogP contribution in [0.25, 0.3) is 5.69 Å². The largest absolute Gasteiger partial charge is 0.491 e. The highest BCUT2D eigenvalue weighted by atomic mass is 32.1. The number of ether oxygens (including phenoxy) is 1. The third-order valence-electron chi connectivity index (χ3n) is 5.70. The van der Waals surface area contributed by atoms with Crippen molar-refractivity contribution >= 4 is 23.0 Å². The van der Waals surface area contributed by atoms with Gasteiger partial charge in [0.2, 0.25) is 0 Å². The van der Waals surface area contributed by atoms with Crippen molar-refractivity contribution in [2.24, 2.45) is 0 Å². The van der Waals surface area contributed by atoms with E-state index in [-0.39, 0.29) is 18.2 Å². The smallest absolute Gasteiger partial charge is 0.174 e. The molecule has 2 atom stereocenters. The molecule has 1 aliphatic heterocycles. The summed E-state index contributed by atoms with van der Waals surface area (Å²) in [6.45, 7) is 4.05. The molecule has 2 aromatic heterocycles. The van der Waals surface area contributed by atoms with Crippen LogP contribution in [0.15, 0.2) is 97.3 Å². The average molecular weight is 455 g/mol. The van der Waals surface area contributed by atoms with Crippen molar-refractivity contribution in [2.45, 2.75) is 32.0 Å². The van der Waals surface area contributed by atoms with Gasteiger partial charge in [-0.15, -0.1) is 0 Å². The van der Waals surface area contributed by atoms with Crippen LogP contribution in [0.1, 0.15) is 37.3 Å². The fourth-order valence-corrected chi connectivity index (χ4v) is 4.70. The number of thiocarbonyl (C=S) groups is 1. The molecule has 2 aromatic carbocycles. The van der Waals surface area contributed by atoms with Crippen LogP contribution in [-0.2, 0) is 0 Å². The van der Waals surface area contributed by atoms with Crippen LogP contribution in [0.5, 0.6) is 5.75 Å². The van der Waals surface area contributed by atoms with E-state index in [4.69, 9.17) is 17.0 Å². The standard InChI is InChI=1S/C27H26N4OS/c1-19(2)32-22-15-13-21(14-16-22)31-26(25(29-27(31)33)23-11-6-7-17-28-23)24-12-8-18-30(24)20-9-4-3-5-10-20/h3-19,25-26H,1-2H3,(H,29,33)/t25-,26+/m1/s1.